The lowest BCUT2D eigenvalue weighted by Crippen LogP contribution is -2.36. The predicted octanol–water partition coefficient (Wildman–Crippen LogP) is 0.116. The molecule has 0 N–H and O–H groups in total. The van der Waals surface area contributed by atoms with Gasteiger partial charge in [-0.1, -0.05) is 0 Å². The van der Waals surface area contributed by atoms with Gasteiger partial charge in [0.25, 0.3) is 0 Å². The van der Waals surface area contributed by atoms with E-state index in [1.54, 1.807) is 0 Å². The van der Waals surface area contributed by atoms with Crippen molar-refractivity contribution in [3.8, 4) is 0 Å². The molecule has 2 bridgehead atoms. The molecule has 10 heavy (non-hydrogen) atoms. The van der Waals surface area contributed by atoms with Crippen LogP contribution in [0.15, 0.2) is 0 Å². The number of halogens is 1. The fraction of sp³-hybridized carbons (Fsp3) is 1.00. The average molecular weight is 163 g/mol. The molecule has 3 aliphatic heterocycles. The summed E-state index contributed by atoms with van der Waals surface area (Å²) in [5, 5.41) is 0.00347. The Bertz CT molecular complexity index is 172. The Morgan fingerprint density at radius 3 is 3.00 bits per heavy atom. The summed E-state index contributed by atoms with van der Waals surface area (Å²) < 4.78 is 15.9. The van der Waals surface area contributed by atoms with Crippen LogP contribution in [0.25, 0.3) is 0 Å². The first-order chi connectivity index (χ1) is 4.86. The highest BCUT2D eigenvalue weighted by Crippen LogP contribution is 2.43. The van der Waals surface area contributed by atoms with Crippen molar-refractivity contribution in [3.05, 3.63) is 0 Å². The molecule has 3 saturated heterocycles. The van der Waals surface area contributed by atoms with E-state index in [1.807, 2.05) is 0 Å². The van der Waals surface area contributed by atoms with Gasteiger partial charge in [0.1, 0.15) is 18.3 Å². The van der Waals surface area contributed by atoms with Crippen LogP contribution in [0.2, 0.25) is 0 Å². The molecule has 5 unspecified atom stereocenters. The van der Waals surface area contributed by atoms with E-state index in [0.29, 0.717) is 6.61 Å². The monoisotopic (exact) mass is 162 g/mol. The van der Waals surface area contributed by atoms with Crippen molar-refractivity contribution in [3.63, 3.8) is 0 Å². The van der Waals surface area contributed by atoms with Gasteiger partial charge in [-0.2, -0.15) is 0 Å². The normalized spacial score (nSPS) is 63.9. The number of rotatable bonds is 0. The molecule has 0 radical (unpaired) electrons. The van der Waals surface area contributed by atoms with Gasteiger partial charge < -0.3 is 14.2 Å². The molecule has 0 aliphatic carbocycles. The topological polar surface area (TPSA) is 31.0 Å². The SMILES string of the molecule is ClC1C2COC(O2)C2OC12. The lowest BCUT2D eigenvalue weighted by Gasteiger charge is -2.17. The predicted molar refractivity (Wildman–Crippen MR) is 32.9 cm³/mol. The summed E-state index contributed by atoms with van der Waals surface area (Å²) in [4.78, 5) is 0. The van der Waals surface area contributed by atoms with Gasteiger partial charge in [0.2, 0.25) is 0 Å². The second kappa shape index (κ2) is 1.67. The van der Waals surface area contributed by atoms with E-state index in [4.69, 9.17) is 25.8 Å². The molecular weight excluding hydrogens is 156 g/mol. The summed E-state index contributed by atoms with van der Waals surface area (Å²) in [6, 6.07) is 0. The van der Waals surface area contributed by atoms with Gasteiger partial charge in [0, 0.05) is 0 Å². The molecule has 3 heterocycles. The molecule has 3 fully saturated rings. The van der Waals surface area contributed by atoms with Gasteiger partial charge in [0.05, 0.1) is 12.0 Å². The van der Waals surface area contributed by atoms with Crippen LogP contribution < -0.4 is 0 Å². The van der Waals surface area contributed by atoms with Crippen LogP contribution >= 0.6 is 11.6 Å². The fourth-order valence-corrected chi connectivity index (χ4v) is 1.94. The van der Waals surface area contributed by atoms with Crippen molar-refractivity contribution in [2.45, 2.75) is 30.0 Å². The van der Waals surface area contributed by atoms with Crippen LogP contribution in [0.1, 0.15) is 0 Å². The van der Waals surface area contributed by atoms with Crippen LogP contribution in [-0.4, -0.2) is 36.6 Å². The second-order valence-electron chi connectivity index (χ2n) is 2.89. The van der Waals surface area contributed by atoms with E-state index < -0.39 is 0 Å². The molecule has 0 aromatic heterocycles. The van der Waals surface area contributed by atoms with Gasteiger partial charge in [-0.25, -0.2) is 0 Å². The highest BCUT2D eigenvalue weighted by atomic mass is 35.5. The Balaban J connectivity index is 1.91. The summed E-state index contributed by atoms with van der Waals surface area (Å²) in [7, 11) is 0. The van der Waals surface area contributed by atoms with E-state index >= 15 is 0 Å². The number of alkyl halides is 1. The zero-order chi connectivity index (χ0) is 6.72. The maximum atomic E-state index is 5.97. The van der Waals surface area contributed by atoms with Crippen molar-refractivity contribution in [2.24, 2.45) is 0 Å². The third-order valence-corrected chi connectivity index (χ3v) is 2.76. The van der Waals surface area contributed by atoms with Crippen molar-refractivity contribution >= 4 is 11.6 Å². The van der Waals surface area contributed by atoms with Crippen molar-refractivity contribution in [2.75, 3.05) is 6.61 Å². The van der Waals surface area contributed by atoms with Crippen LogP contribution in [-0.2, 0) is 14.2 Å². The number of ether oxygens (including phenoxy) is 3. The Hall–Kier alpha value is 0.170. The van der Waals surface area contributed by atoms with Crippen LogP contribution in [0.4, 0.5) is 0 Å². The molecule has 56 valence electrons. The quantitative estimate of drug-likeness (QED) is 0.375. The van der Waals surface area contributed by atoms with Gasteiger partial charge >= 0.3 is 0 Å². The molecule has 0 aromatic rings. The van der Waals surface area contributed by atoms with E-state index in [-0.39, 0.29) is 30.0 Å². The molecule has 3 nitrogen and oxygen atoms in total. The zero-order valence-electron chi connectivity index (χ0n) is 5.20. The van der Waals surface area contributed by atoms with Crippen molar-refractivity contribution < 1.29 is 14.2 Å². The summed E-state index contributed by atoms with van der Waals surface area (Å²) in [5.74, 6) is 0. The number of hydrogen-bond donors (Lipinski definition) is 0. The van der Waals surface area contributed by atoms with Gasteiger partial charge in [0.15, 0.2) is 6.29 Å². The van der Waals surface area contributed by atoms with Crippen LogP contribution in [0.5, 0.6) is 0 Å². The Kier molecular flexibility index (Phi) is 0.962. The molecular formula is C6H7ClO3. The van der Waals surface area contributed by atoms with Crippen LogP contribution in [0.3, 0.4) is 0 Å². The lowest BCUT2D eigenvalue weighted by molar-refractivity contribution is -0.0776. The maximum absolute atomic E-state index is 5.97. The Morgan fingerprint density at radius 1 is 1.20 bits per heavy atom. The van der Waals surface area contributed by atoms with E-state index in [1.165, 1.54) is 0 Å². The molecule has 0 aromatic carbocycles. The van der Waals surface area contributed by atoms with Gasteiger partial charge in [-0.15, -0.1) is 11.6 Å². The van der Waals surface area contributed by atoms with Gasteiger partial charge in [-0.3, -0.25) is 0 Å². The molecule has 0 amide bonds. The fourth-order valence-electron chi connectivity index (χ4n) is 1.60. The molecule has 0 saturated carbocycles. The van der Waals surface area contributed by atoms with E-state index in [9.17, 15) is 0 Å². The smallest absolute Gasteiger partial charge is 0.186 e. The molecule has 0 spiro atoms. The second-order valence-corrected chi connectivity index (χ2v) is 3.39. The Labute approximate surface area is 63.2 Å². The zero-order valence-corrected chi connectivity index (χ0v) is 5.95. The summed E-state index contributed by atoms with van der Waals surface area (Å²) in [5.41, 5.74) is 0. The minimum atomic E-state index is -0.120. The Morgan fingerprint density at radius 2 is 2.10 bits per heavy atom. The van der Waals surface area contributed by atoms with Crippen LogP contribution in [0, 0.1) is 0 Å². The maximum Gasteiger partial charge on any atom is 0.186 e. The third kappa shape index (κ3) is 0.569. The van der Waals surface area contributed by atoms with Crippen molar-refractivity contribution in [1.82, 2.24) is 0 Å². The molecule has 3 aliphatic rings. The first-order valence-electron chi connectivity index (χ1n) is 3.43. The van der Waals surface area contributed by atoms with Gasteiger partial charge in [-0.05, 0) is 0 Å². The summed E-state index contributed by atoms with van der Waals surface area (Å²) in [6.07, 6.45) is 0.273. The number of hydrogen-bond acceptors (Lipinski definition) is 3. The molecule has 3 rings (SSSR count). The molecule has 4 heteroatoms. The minimum Gasteiger partial charge on any atom is -0.362 e. The number of fused-ring (bicyclic) bond motifs is 4. The minimum absolute atomic E-state index is 0.00347. The third-order valence-electron chi connectivity index (χ3n) is 2.23. The van der Waals surface area contributed by atoms with E-state index in [0.717, 1.165) is 0 Å². The standard InChI is InChI=1S/C6H7ClO3/c7-3-2-1-8-6(9-2)5-4(3)10-5/h2-6H,1H2. The number of epoxide rings is 1. The van der Waals surface area contributed by atoms with Crippen molar-refractivity contribution in [1.29, 1.82) is 0 Å². The van der Waals surface area contributed by atoms with E-state index in [2.05, 4.69) is 0 Å². The summed E-state index contributed by atoms with van der Waals surface area (Å²) in [6.45, 7) is 0.634. The summed E-state index contributed by atoms with van der Waals surface area (Å²) >= 11 is 5.97. The molecule has 5 atom stereocenters. The average Bonchev–Trinajstić information content (AvgIpc) is 2.61. The largest absolute Gasteiger partial charge is 0.362 e. The highest BCUT2D eigenvalue weighted by molar-refractivity contribution is 6.21. The highest BCUT2D eigenvalue weighted by Gasteiger charge is 2.60. The first-order valence-corrected chi connectivity index (χ1v) is 3.86. The lowest BCUT2D eigenvalue weighted by atomic mass is 10.1. The first kappa shape index (κ1) is 5.77.